The van der Waals surface area contributed by atoms with Crippen molar-refractivity contribution in [3.05, 3.63) is 34.3 Å². The summed E-state index contributed by atoms with van der Waals surface area (Å²) in [6.45, 7) is 0. The summed E-state index contributed by atoms with van der Waals surface area (Å²) in [6.07, 6.45) is 0.279. The highest BCUT2D eigenvalue weighted by atomic mass is 79.9. The van der Waals surface area contributed by atoms with Crippen LogP contribution in [0.5, 0.6) is 0 Å². The van der Waals surface area contributed by atoms with E-state index in [2.05, 4.69) is 27.8 Å². The van der Waals surface area contributed by atoms with Gasteiger partial charge < -0.3 is 0 Å². The first-order valence-corrected chi connectivity index (χ1v) is 4.24. The molecule has 0 unspecified atom stereocenters. The van der Waals surface area contributed by atoms with Gasteiger partial charge in [-0.2, -0.15) is 5.26 Å². The normalized spacial score (nSPS) is 8.00. The molecule has 0 aliphatic carbocycles. The van der Waals surface area contributed by atoms with Crippen molar-refractivity contribution in [1.29, 1.82) is 5.26 Å². The van der Waals surface area contributed by atoms with Crippen LogP contribution in [0, 0.1) is 23.2 Å². The second-order valence-corrected chi connectivity index (χ2v) is 2.97. The Morgan fingerprint density at radius 2 is 2.08 bits per heavy atom. The van der Waals surface area contributed by atoms with Gasteiger partial charge in [0.05, 0.1) is 12.5 Å². The Balaban J connectivity index is 2.86. The molecule has 0 radical (unpaired) electrons. The molecule has 0 spiro atoms. The molecule has 1 rings (SSSR count). The molecule has 0 aromatic heterocycles. The van der Waals surface area contributed by atoms with E-state index in [0.29, 0.717) is 0 Å². The van der Waals surface area contributed by atoms with E-state index < -0.39 is 0 Å². The quantitative estimate of drug-likeness (QED) is 0.616. The minimum atomic E-state index is 0.279. The van der Waals surface area contributed by atoms with Gasteiger partial charge in [-0.3, -0.25) is 0 Å². The van der Waals surface area contributed by atoms with Gasteiger partial charge in [-0.25, -0.2) is 0 Å². The van der Waals surface area contributed by atoms with Crippen LogP contribution in [0.25, 0.3) is 0 Å². The highest BCUT2D eigenvalue weighted by Gasteiger charge is 1.90. The summed E-state index contributed by atoms with van der Waals surface area (Å²) in [7, 11) is 0. The van der Waals surface area contributed by atoms with Crippen molar-refractivity contribution >= 4 is 15.9 Å². The molecule has 0 aliphatic heterocycles. The largest absolute Gasteiger partial charge is 0.197 e. The minimum absolute atomic E-state index is 0.279. The van der Waals surface area contributed by atoms with E-state index in [1.54, 1.807) is 0 Å². The maximum Gasteiger partial charge on any atom is 0.0966 e. The zero-order valence-electron chi connectivity index (χ0n) is 6.34. The third-order valence-electron chi connectivity index (χ3n) is 1.26. The molecule has 58 valence electrons. The summed E-state index contributed by atoms with van der Waals surface area (Å²) in [4.78, 5) is 0. The van der Waals surface area contributed by atoms with Crippen molar-refractivity contribution in [2.45, 2.75) is 6.42 Å². The van der Waals surface area contributed by atoms with Gasteiger partial charge in [-0.05, 0) is 28.1 Å². The average Bonchev–Trinajstić information content (AvgIpc) is 2.09. The fraction of sp³-hybridized carbons (Fsp3) is 0.100. The Labute approximate surface area is 80.2 Å². The van der Waals surface area contributed by atoms with Crippen LogP contribution in [0.1, 0.15) is 12.0 Å². The lowest BCUT2D eigenvalue weighted by molar-refractivity contribution is 1.39. The molecule has 0 aliphatic rings. The van der Waals surface area contributed by atoms with Gasteiger partial charge in [-0.15, -0.1) is 0 Å². The van der Waals surface area contributed by atoms with Crippen LogP contribution in [-0.4, -0.2) is 0 Å². The highest BCUT2D eigenvalue weighted by Crippen LogP contribution is 2.13. The molecule has 0 fully saturated rings. The van der Waals surface area contributed by atoms with E-state index in [9.17, 15) is 0 Å². The van der Waals surface area contributed by atoms with Crippen molar-refractivity contribution in [2.24, 2.45) is 0 Å². The number of halogens is 1. The van der Waals surface area contributed by atoms with Crippen molar-refractivity contribution in [1.82, 2.24) is 0 Å². The van der Waals surface area contributed by atoms with Crippen LogP contribution < -0.4 is 0 Å². The fourth-order valence-corrected chi connectivity index (χ4v) is 1.13. The van der Waals surface area contributed by atoms with Crippen molar-refractivity contribution in [3.63, 3.8) is 0 Å². The number of hydrogen-bond donors (Lipinski definition) is 0. The van der Waals surface area contributed by atoms with Gasteiger partial charge >= 0.3 is 0 Å². The van der Waals surface area contributed by atoms with E-state index in [-0.39, 0.29) is 6.42 Å². The van der Waals surface area contributed by atoms with Gasteiger partial charge in [0.2, 0.25) is 0 Å². The van der Waals surface area contributed by atoms with Gasteiger partial charge in [0.1, 0.15) is 0 Å². The van der Waals surface area contributed by atoms with Gasteiger partial charge in [-0.1, -0.05) is 24.0 Å². The summed E-state index contributed by atoms with van der Waals surface area (Å²) < 4.78 is 0.968. The fourth-order valence-electron chi connectivity index (χ4n) is 0.742. The molecule has 0 saturated carbocycles. The first-order chi connectivity index (χ1) is 5.84. The number of benzene rings is 1. The van der Waals surface area contributed by atoms with Crippen LogP contribution in [0.3, 0.4) is 0 Å². The summed E-state index contributed by atoms with van der Waals surface area (Å²) in [5.74, 6) is 5.65. The minimum Gasteiger partial charge on any atom is -0.197 e. The Bertz CT molecular complexity index is 365. The first kappa shape index (κ1) is 8.84. The van der Waals surface area contributed by atoms with E-state index >= 15 is 0 Å². The van der Waals surface area contributed by atoms with Crippen LogP contribution in [0.15, 0.2) is 28.7 Å². The SMILES string of the molecule is N#CCC#Cc1ccccc1Br. The van der Waals surface area contributed by atoms with Crippen LogP contribution in [-0.2, 0) is 0 Å². The van der Waals surface area contributed by atoms with Gasteiger partial charge in [0.15, 0.2) is 0 Å². The standard InChI is InChI=1S/C10H6BrN/c11-10-7-2-1-5-9(10)6-3-4-8-12/h1-2,5,7H,4H2. The number of rotatable bonds is 0. The van der Waals surface area contributed by atoms with Crippen molar-refractivity contribution in [2.75, 3.05) is 0 Å². The Hall–Kier alpha value is -1.25. The lowest BCUT2D eigenvalue weighted by Gasteiger charge is -1.91. The summed E-state index contributed by atoms with van der Waals surface area (Å²) in [5, 5.41) is 8.25. The second-order valence-electron chi connectivity index (χ2n) is 2.12. The molecule has 0 amide bonds. The number of nitrogens with zero attached hydrogens (tertiary/aromatic N) is 1. The first-order valence-electron chi connectivity index (χ1n) is 3.45. The lowest BCUT2D eigenvalue weighted by atomic mass is 10.2. The molecular weight excluding hydrogens is 214 g/mol. The van der Waals surface area contributed by atoms with Crippen molar-refractivity contribution < 1.29 is 0 Å². The maximum atomic E-state index is 8.25. The molecular formula is C10H6BrN. The molecule has 0 atom stereocenters. The lowest BCUT2D eigenvalue weighted by Crippen LogP contribution is -1.74. The van der Waals surface area contributed by atoms with Crippen LogP contribution in [0.2, 0.25) is 0 Å². The molecule has 0 saturated heterocycles. The number of hydrogen-bond acceptors (Lipinski definition) is 1. The Morgan fingerprint density at radius 3 is 2.75 bits per heavy atom. The van der Waals surface area contributed by atoms with E-state index in [4.69, 9.17) is 5.26 Å². The van der Waals surface area contributed by atoms with Crippen LogP contribution >= 0.6 is 15.9 Å². The van der Waals surface area contributed by atoms with Gasteiger partial charge in [0, 0.05) is 10.0 Å². The van der Waals surface area contributed by atoms with Crippen molar-refractivity contribution in [3.8, 4) is 17.9 Å². The molecule has 0 bridgehead atoms. The third-order valence-corrected chi connectivity index (χ3v) is 1.96. The van der Waals surface area contributed by atoms with E-state index in [1.165, 1.54) is 0 Å². The van der Waals surface area contributed by atoms with E-state index in [0.717, 1.165) is 10.0 Å². The molecule has 2 heteroatoms. The van der Waals surface area contributed by atoms with Crippen LogP contribution in [0.4, 0.5) is 0 Å². The summed E-state index contributed by atoms with van der Waals surface area (Å²) in [6, 6.07) is 9.65. The maximum absolute atomic E-state index is 8.25. The van der Waals surface area contributed by atoms with Gasteiger partial charge in [0.25, 0.3) is 0 Å². The average molecular weight is 220 g/mol. The third kappa shape index (κ3) is 2.42. The molecule has 12 heavy (non-hydrogen) atoms. The predicted molar refractivity (Wildman–Crippen MR) is 51.3 cm³/mol. The zero-order valence-corrected chi connectivity index (χ0v) is 7.93. The predicted octanol–water partition coefficient (Wildman–Crippen LogP) is 2.71. The monoisotopic (exact) mass is 219 g/mol. The Kier molecular flexibility index (Phi) is 3.38. The molecule has 1 nitrogen and oxygen atoms in total. The smallest absolute Gasteiger partial charge is 0.0966 e. The summed E-state index contributed by atoms with van der Waals surface area (Å²) in [5.41, 5.74) is 0.924. The molecule has 1 aromatic rings. The summed E-state index contributed by atoms with van der Waals surface area (Å²) >= 11 is 3.36. The highest BCUT2D eigenvalue weighted by molar-refractivity contribution is 9.10. The molecule has 0 N–H and O–H groups in total. The second kappa shape index (κ2) is 4.59. The molecule has 1 aromatic carbocycles. The Morgan fingerprint density at radius 1 is 1.33 bits per heavy atom. The zero-order chi connectivity index (χ0) is 8.81. The van der Waals surface area contributed by atoms with E-state index in [1.807, 2.05) is 30.3 Å². The topological polar surface area (TPSA) is 23.8 Å². The molecule has 0 heterocycles. The number of nitriles is 1.